The highest BCUT2D eigenvalue weighted by Crippen LogP contribution is 2.32. The van der Waals surface area contributed by atoms with E-state index in [4.69, 9.17) is 19.3 Å². The lowest BCUT2D eigenvalue weighted by molar-refractivity contribution is -0.136. The minimum atomic E-state index is -0.978. The summed E-state index contributed by atoms with van der Waals surface area (Å²) in [5.41, 5.74) is 4.14. The van der Waals surface area contributed by atoms with Gasteiger partial charge >= 0.3 is 5.97 Å². The molecule has 36 heavy (non-hydrogen) atoms. The van der Waals surface area contributed by atoms with Crippen LogP contribution < -0.4 is 24.4 Å². The van der Waals surface area contributed by atoms with E-state index >= 15 is 0 Å². The molecule has 3 aromatic carbocycles. The number of methoxy groups -OCH3 is 1. The molecule has 0 fully saturated rings. The molecule has 1 aliphatic heterocycles. The molecule has 1 amide bonds. The third-order valence-electron chi connectivity index (χ3n) is 6.12. The number of carbonyl (C=O) groups excluding carboxylic acids is 1. The predicted octanol–water partition coefficient (Wildman–Crippen LogP) is 4.47. The number of aryl methyl sites for hydroxylation is 2. The van der Waals surface area contributed by atoms with Crippen LogP contribution in [0, 0.1) is 13.8 Å². The second-order valence-electron chi connectivity index (χ2n) is 8.88. The Morgan fingerprint density at radius 2 is 1.86 bits per heavy atom. The number of rotatable bonds is 8. The molecule has 0 saturated heterocycles. The van der Waals surface area contributed by atoms with E-state index in [0.29, 0.717) is 41.5 Å². The zero-order valence-electron chi connectivity index (χ0n) is 20.8. The number of carbonyl (C=O) groups is 2. The third-order valence-corrected chi connectivity index (χ3v) is 6.12. The maximum absolute atomic E-state index is 13.0. The summed E-state index contributed by atoms with van der Waals surface area (Å²) >= 11 is 0. The molecule has 0 bridgehead atoms. The van der Waals surface area contributed by atoms with Crippen LogP contribution in [0.5, 0.6) is 17.2 Å². The standard InChI is InChI=1S/C28H30N2O6/c1-17-12-26(35-16-21-15-30(3)23-7-5-6-8-25(23)36-21)18(2)11-22(17)28(33)29-20-9-10-24(34-4)19(13-20)14-27(31)32/h5-13,21H,14-16H2,1-4H3,(H,29,33)(H,31,32)/t21-/m0/s1. The van der Waals surface area contributed by atoms with Crippen LogP contribution in [0.1, 0.15) is 27.0 Å². The van der Waals surface area contributed by atoms with Gasteiger partial charge in [-0.1, -0.05) is 12.1 Å². The van der Waals surface area contributed by atoms with Crippen LogP contribution in [0.4, 0.5) is 11.4 Å². The van der Waals surface area contributed by atoms with Gasteiger partial charge in [0.15, 0.2) is 0 Å². The molecule has 0 radical (unpaired) electrons. The number of nitrogens with zero attached hydrogens (tertiary/aromatic N) is 1. The molecule has 0 aromatic heterocycles. The van der Waals surface area contributed by atoms with Crippen molar-refractivity contribution in [2.75, 3.05) is 37.5 Å². The van der Waals surface area contributed by atoms with E-state index in [0.717, 1.165) is 22.6 Å². The van der Waals surface area contributed by atoms with Crippen molar-refractivity contribution < 1.29 is 28.9 Å². The van der Waals surface area contributed by atoms with Crippen LogP contribution >= 0.6 is 0 Å². The molecule has 1 heterocycles. The molecular weight excluding hydrogens is 460 g/mol. The molecule has 0 unspecified atom stereocenters. The van der Waals surface area contributed by atoms with Gasteiger partial charge in [0.05, 0.1) is 25.8 Å². The van der Waals surface area contributed by atoms with Crippen LogP contribution in [0.25, 0.3) is 0 Å². The fourth-order valence-corrected chi connectivity index (χ4v) is 4.31. The van der Waals surface area contributed by atoms with E-state index in [1.165, 1.54) is 7.11 Å². The molecule has 8 heteroatoms. The number of fused-ring (bicyclic) bond motifs is 1. The summed E-state index contributed by atoms with van der Waals surface area (Å²) in [7, 11) is 3.51. The van der Waals surface area contributed by atoms with Crippen LogP contribution in [-0.4, -0.2) is 50.4 Å². The number of nitrogens with one attached hydrogen (secondary N) is 1. The molecule has 0 saturated carbocycles. The van der Waals surface area contributed by atoms with Crippen LogP contribution in [0.2, 0.25) is 0 Å². The number of amides is 1. The molecule has 2 N–H and O–H groups in total. The number of ether oxygens (including phenoxy) is 3. The van der Waals surface area contributed by atoms with Crippen LogP contribution in [0.3, 0.4) is 0 Å². The highest BCUT2D eigenvalue weighted by atomic mass is 16.5. The smallest absolute Gasteiger partial charge is 0.307 e. The molecule has 0 aliphatic carbocycles. The molecule has 188 valence electrons. The minimum Gasteiger partial charge on any atom is -0.496 e. The van der Waals surface area contributed by atoms with Gasteiger partial charge in [-0.3, -0.25) is 9.59 Å². The molecule has 4 rings (SSSR count). The largest absolute Gasteiger partial charge is 0.496 e. The van der Waals surface area contributed by atoms with E-state index in [2.05, 4.69) is 10.2 Å². The van der Waals surface area contributed by atoms with E-state index in [1.807, 2.05) is 51.2 Å². The fraction of sp³-hybridized carbons (Fsp3) is 0.286. The van der Waals surface area contributed by atoms with Gasteiger partial charge < -0.3 is 29.5 Å². The van der Waals surface area contributed by atoms with Crippen molar-refractivity contribution >= 4 is 23.3 Å². The van der Waals surface area contributed by atoms with E-state index < -0.39 is 5.97 Å². The van der Waals surface area contributed by atoms with Gasteiger partial charge in [-0.2, -0.15) is 0 Å². The summed E-state index contributed by atoms with van der Waals surface area (Å²) in [6.45, 7) is 4.84. The molecule has 0 spiro atoms. The first kappa shape index (κ1) is 24.9. The lowest BCUT2D eigenvalue weighted by Crippen LogP contribution is -2.41. The van der Waals surface area contributed by atoms with Gasteiger partial charge in [0.2, 0.25) is 0 Å². The van der Waals surface area contributed by atoms with Crippen LogP contribution in [-0.2, 0) is 11.2 Å². The average molecular weight is 491 g/mol. The average Bonchev–Trinajstić information content (AvgIpc) is 2.84. The molecule has 3 aromatic rings. The summed E-state index contributed by atoms with van der Waals surface area (Å²) in [6, 6.07) is 16.5. The highest BCUT2D eigenvalue weighted by Gasteiger charge is 2.24. The first-order valence-electron chi connectivity index (χ1n) is 11.7. The number of carboxylic acids is 1. The normalized spacial score (nSPS) is 14.4. The van der Waals surface area contributed by atoms with Crippen molar-refractivity contribution in [3.63, 3.8) is 0 Å². The molecule has 1 aliphatic rings. The number of anilines is 2. The Hall–Kier alpha value is -4.20. The van der Waals surface area contributed by atoms with Gasteiger partial charge in [0, 0.05) is 23.9 Å². The van der Waals surface area contributed by atoms with E-state index in [1.54, 1.807) is 24.3 Å². The second kappa shape index (κ2) is 10.6. The molecule has 8 nitrogen and oxygen atoms in total. The Bertz CT molecular complexity index is 1290. The Labute approximate surface area is 210 Å². The second-order valence-corrected chi connectivity index (χ2v) is 8.88. The first-order chi connectivity index (χ1) is 17.2. The number of aliphatic carboxylic acids is 1. The number of benzene rings is 3. The molecular formula is C28H30N2O6. The van der Waals surface area contributed by atoms with Crippen molar-refractivity contribution in [1.29, 1.82) is 0 Å². The Kier molecular flexibility index (Phi) is 7.33. The fourth-order valence-electron chi connectivity index (χ4n) is 4.31. The van der Waals surface area contributed by atoms with Crippen molar-refractivity contribution in [2.24, 2.45) is 0 Å². The van der Waals surface area contributed by atoms with Gasteiger partial charge in [-0.05, 0) is 67.4 Å². The van der Waals surface area contributed by atoms with Crippen molar-refractivity contribution in [3.05, 3.63) is 76.9 Å². The van der Waals surface area contributed by atoms with Crippen molar-refractivity contribution in [2.45, 2.75) is 26.4 Å². The zero-order chi connectivity index (χ0) is 25.8. The maximum Gasteiger partial charge on any atom is 0.307 e. The minimum absolute atomic E-state index is 0.123. The lowest BCUT2D eigenvalue weighted by Gasteiger charge is -2.33. The SMILES string of the molecule is COc1ccc(NC(=O)c2cc(C)c(OC[C@@H]3CN(C)c4ccccc4O3)cc2C)cc1CC(=O)O. The summed E-state index contributed by atoms with van der Waals surface area (Å²) in [4.78, 5) is 26.3. The van der Waals surface area contributed by atoms with Crippen molar-refractivity contribution in [1.82, 2.24) is 0 Å². The Morgan fingerprint density at radius 1 is 1.08 bits per heavy atom. The van der Waals surface area contributed by atoms with Gasteiger partial charge in [-0.15, -0.1) is 0 Å². The van der Waals surface area contributed by atoms with Gasteiger partial charge in [0.25, 0.3) is 5.91 Å². The lowest BCUT2D eigenvalue weighted by atomic mass is 10.0. The summed E-state index contributed by atoms with van der Waals surface area (Å²) in [5.74, 6) is 0.725. The number of hydrogen-bond donors (Lipinski definition) is 2. The number of hydrogen-bond acceptors (Lipinski definition) is 6. The number of likely N-dealkylation sites (N-methyl/N-ethyl adjacent to an activating group) is 1. The first-order valence-corrected chi connectivity index (χ1v) is 11.7. The quantitative estimate of drug-likeness (QED) is 0.481. The Morgan fingerprint density at radius 3 is 2.61 bits per heavy atom. The summed E-state index contributed by atoms with van der Waals surface area (Å²) in [6.07, 6.45) is -0.328. The number of carboxylic acid groups (broad SMARTS) is 1. The van der Waals surface area contributed by atoms with E-state index in [9.17, 15) is 9.59 Å². The van der Waals surface area contributed by atoms with Crippen molar-refractivity contribution in [3.8, 4) is 17.2 Å². The predicted molar refractivity (Wildman–Crippen MR) is 138 cm³/mol. The van der Waals surface area contributed by atoms with Crippen LogP contribution in [0.15, 0.2) is 54.6 Å². The summed E-state index contributed by atoms with van der Waals surface area (Å²) < 4.78 is 17.4. The van der Waals surface area contributed by atoms with Gasteiger partial charge in [-0.25, -0.2) is 0 Å². The summed E-state index contributed by atoms with van der Waals surface area (Å²) in [5, 5.41) is 12.0. The Balaban J connectivity index is 1.44. The topological polar surface area (TPSA) is 97.3 Å². The molecule has 1 atom stereocenters. The highest BCUT2D eigenvalue weighted by molar-refractivity contribution is 6.05. The monoisotopic (exact) mass is 490 g/mol. The number of para-hydroxylation sites is 2. The zero-order valence-corrected chi connectivity index (χ0v) is 20.8. The maximum atomic E-state index is 13.0. The third kappa shape index (κ3) is 5.54. The van der Waals surface area contributed by atoms with Gasteiger partial charge in [0.1, 0.15) is 30.0 Å². The van der Waals surface area contributed by atoms with E-state index in [-0.39, 0.29) is 18.4 Å².